The van der Waals surface area contributed by atoms with Crippen LogP contribution in [0.25, 0.3) is 0 Å². The average Bonchev–Trinajstić information content (AvgIpc) is 2.92. The summed E-state index contributed by atoms with van der Waals surface area (Å²) in [5, 5.41) is 21.0. The van der Waals surface area contributed by atoms with Crippen molar-refractivity contribution in [2.45, 2.75) is 89.6 Å². The number of amides is 2. The van der Waals surface area contributed by atoms with Crippen LogP contribution in [0.2, 0.25) is 0 Å². The number of rotatable bonds is 11. The molecular weight excluding hydrogens is 502 g/mol. The SMILES string of the molecule is CC(C)(C)NC(=O)C1CC2CCCCC2CN1CC(O)C(Cc1ccccc1)NC(=O)CNCc1ccccn1. The molecule has 4 rings (SSSR count). The molecule has 5 atom stereocenters. The topological polar surface area (TPSA) is 107 Å². The van der Waals surface area contributed by atoms with Gasteiger partial charge in [-0.1, -0.05) is 55.7 Å². The monoisotopic (exact) mass is 549 g/mol. The maximum Gasteiger partial charge on any atom is 0.237 e. The van der Waals surface area contributed by atoms with Crippen molar-refractivity contribution in [1.29, 1.82) is 0 Å². The average molecular weight is 550 g/mol. The minimum absolute atomic E-state index is 0.0334. The highest BCUT2D eigenvalue weighted by Gasteiger charge is 2.41. The van der Waals surface area contributed by atoms with Gasteiger partial charge in [-0.05, 0) is 69.6 Å². The molecule has 0 bridgehead atoms. The Kier molecular flexibility index (Phi) is 10.7. The molecule has 2 aliphatic rings. The van der Waals surface area contributed by atoms with Gasteiger partial charge < -0.3 is 21.1 Å². The highest BCUT2D eigenvalue weighted by molar-refractivity contribution is 5.82. The molecule has 1 saturated heterocycles. The van der Waals surface area contributed by atoms with E-state index in [2.05, 4.69) is 25.8 Å². The number of likely N-dealkylation sites (tertiary alicyclic amines) is 1. The molecule has 5 unspecified atom stereocenters. The lowest BCUT2D eigenvalue weighted by atomic mass is 9.72. The van der Waals surface area contributed by atoms with Crippen LogP contribution < -0.4 is 16.0 Å². The molecule has 218 valence electrons. The number of aliphatic hydroxyl groups excluding tert-OH is 1. The fourth-order valence-electron chi connectivity index (χ4n) is 6.21. The van der Waals surface area contributed by atoms with Gasteiger partial charge in [0.15, 0.2) is 0 Å². The Morgan fingerprint density at radius 1 is 1.05 bits per heavy atom. The predicted molar refractivity (Wildman–Crippen MR) is 157 cm³/mol. The Morgan fingerprint density at radius 2 is 1.77 bits per heavy atom. The van der Waals surface area contributed by atoms with Crippen LogP contribution in [-0.2, 0) is 22.6 Å². The molecule has 2 heterocycles. The number of β-amino-alcohol motifs (C(OH)–C–C–N with tert-alkyl or cyclic N) is 1. The second-order valence-corrected chi connectivity index (χ2v) is 12.6. The number of fused-ring (bicyclic) bond motifs is 1. The van der Waals surface area contributed by atoms with Gasteiger partial charge in [0.1, 0.15) is 0 Å². The zero-order chi connectivity index (χ0) is 28.5. The molecular formula is C32H47N5O3. The molecule has 1 aliphatic carbocycles. The zero-order valence-corrected chi connectivity index (χ0v) is 24.3. The molecule has 0 spiro atoms. The van der Waals surface area contributed by atoms with Crippen LogP contribution in [0.15, 0.2) is 54.7 Å². The number of carbonyl (C=O) groups is 2. The van der Waals surface area contributed by atoms with Gasteiger partial charge in [0, 0.05) is 31.4 Å². The van der Waals surface area contributed by atoms with E-state index in [1.54, 1.807) is 6.20 Å². The van der Waals surface area contributed by atoms with Gasteiger partial charge in [0.2, 0.25) is 11.8 Å². The van der Waals surface area contributed by atoms with Crippen molar-refractivity contribution in [1.82, 2.24) is 25.8 Å². The Morgan fingerprint density at radius 3 is 2.48 bits per heavy atom. The molecule has 40 heavy (non-hydrogen) atoms. The summed E-state index contributed by atoms with van der Waals surface area (Å²) < 4.78 is 0. The molecule has 1 saturated carbocycles. The zero-order valence-electron chi connectivity index (χ0n) is 24.3. The second-order valence-electron chi connectivity index (χ2n) is 12.6. The van der Waals surface area contributed by atoms with Crippen LogP contribution in [0.3, 0.4) is 0 Å². The van der Waals surface area contributed by atoms with Crippen molar-refractivity contribution in [3.63, 3.8) is 0 Å². The number of nitrogens with one attached hydrogen (secondary N) is 3. The van der Waals surface area contributed by atoms with E-state index in [0.29, 0.717) is 31.3 Å². The third kappa shape index (κ3) is 9.11. The Labute approximate surface area is 239 Å². The van der Waals surface area contributed by atoms with Gasteiger partial charge in [0.05, 0.1) is 30.4 Å². The Balaban J connectivity index is 1.44. The number of aromatic nitrogens is 1. The summed E-state index contributed by atoms with van der Waals surface area (Å²) >= 11 is 0. The number of piperidine rings is 1. The van der Waals surface area contributed by atoms with Crippen LogP contribution in [0.4, 0.5) is 0 Å². The van der Waals surface area contributed by atoms with E-state index >= 15 is 0 Å². The van der Waals surface area contributed by atoms with E-state index in [-0.39, 0.29) is 29.9 Å². The number of hydrogen-bond donors (Lipinski definition) is 4. The van der Waals surface area contributed by atoms with Crippen molar-refractivity contribution in [3.05, 3.63) is 66.0 Å². The number of benzene rings is 1. The van der Waals surface area contributed by atoms with Crippen LogP contribution in [0, 0.1) is 11.8 Å². The first-order valence-electron chi connectivity index (χ1n) is 14.9. The van der Waals surface area contributed by atoms with Crippen molar-refractivity contribution < 1.29 is 14.7 Å². The van der Waals surface area contributed by atoms with Gasteiger partial charge in [-0.3, -0.25) is 19.5 Å². The van der Waals surface area contributed by atoms with Crippen LogP contribution in [-0.4, -0.2) is 70.2 Å². The second kappa shape index (κ2) is 14.2. The largest absolute Gasteiger partial charge is 0.390 e. The van der Waals surface area contributed by atoms with Gasteiger partial charge in [-0.15, -0.1) is 0 Å². The number of pyridine rings is 1. The summed E-state index contributed by atoms with van der Waals surface area (Å²) in [4.78, 5) is 32.9. The van der Waals surface area contributed by atoms with Crippen molar-refractivity contribution in [3.8, 4) is 0 Å². The van der Waals surface area contributed by atoms with E-state index in [1.807, 2.05) is 69.3 Å². The number of aliphatic hydroxyl groups is 1. The summed E-state index contributed by atoms with van der Waals surface area (Å²) in [5.41, 5.74) is 1.58. The van der Waals surface area contributed by atoms with Gasteiger partial charge in [-0.25, -0.2) is 0 Å². The van der Waals surface area contributed by atoms with Gasteiger partial charge in [-0.2, -0.15) is 0 Å². The summed E-state index contributed by atoms with van der Waals surface area (Å²) in [7, 11) is 0. The molecule has 4 N–H and O–H groups in total. The normalized spacial score (nSPS) is 23.1. The maximum absolute atomic E-state index is 13.4. The fraction of sp³-hybridized carbons (Fsp3) is 0.594. The first kappa shape index (κ1) is 30.2. The molecule has 0 radical (unpaired) electrons. The maximum atomic E-state index is 13.4. The Hall–Kier alpha value is -2.81. The van der Waals surface area contributed by atoms with Crippen LogP contribution in [0.1, 0.15) is 64.1 Å². The van der Waals surface area contributed by atoms with Crippen molar-refractivity contribution >= 4 is 11.8 Å². The van der Waals surface area contributed by atoms with E-state index < -0.39 is 12.1 Å². The van der Waals surface area contributed by atoms with Crippen molar-refractivity contribution in [2.75, 3.05) is 19.6 Å². The minimum Gasteiger partial charge on any atom is -0.390 e. The van der Waals surface area contributed by atoms with Gasteiger partial charge in [0.25, 0.3) is 0 Å². The third-order valence-electron chi connectivity index (χ3n) is 8.15. The molecule has 8 nitrogen and oxygen atoms in total. The number of carbonyl (C=O) groups excluding carboxylic acids is 2. The van der Waals surface area contributed by atoms with E-state index in [0.717, 1.165) is 24.2 Å². The molecule has 1 aromatic heterocycles. The van der Waals surface area contributed by atoms with Crippen LogP contribution >= 0.6 is 0 Å². The summed E-state index contributed by atoms with van der Waals surface area (Å²) in [6, 6.07) is 14.9. The first-order chi connectivity index (χ1) is 19.2. The highest BCUT2D eigenvalue weighted by atomic mass is 16.3. The molecule has 2 aromatic rings. The van der Waals surface area contributed by atoms with Gasteiger partial charge >= 0.3 is 0 Å². The molecule has 2 fully saturated rings. The summed E-state index contributed by atoms with van der Waals surface area (Å²) in [6.45, 7) is 7.77. The summed E-state index contributed by atoms with van der Waals surface area (Å²) in [6.07, 6.45) is 7.06. The summed E-state index contributed by atoms with van der Waals surface area (Å²) in [5.74, 6) is 0.968. The molecule has 1 aliphatic heterocycles. The third-order valence-corrected chi connectivity index (χ3v) is 8.15. The lowest BCUT2D eigenvalue weighted by Gasteiger charge is -2.47. The lowest BCUT2D eigenvalue weighted by molar-refractivity contribution is -0.133. The van der Waals surface area contributed by atoms with E-state index in [9.17, 15) is 14.7 Å². The predicted octanol–water partition coefficient (Wildman–Crippen LogP) is 3.06. The molecule has 1 aromatic carbocycles. The van der Waals surface area contributed by atoms with E-state index in [4.69, 9.17) is 0 Å². The lowest BCUT2D eigenvalue weighted by Crippen LogP contribution is -2.60. The first-order valence-corrected chi connectivity index (χ1v) is 14.9. The number of hydrogen-bond acceptors (Lipinski definition) is 6. The molecule has 2 amide bonds. The molecule has 8 heteroatoms. The fourth-order valence-corrected chi connectivity index (χ4v) is 6.21. The number of nitrogens with zero attached hydrogens (tertiary/aromatic N) is 2. The quantitative estimate of drug-likeness (QED) is 0.343. The van der Waals surface area contributed by atoms with Crippen molar-refractivity contribution in [2.24, 2.45) is 11.8 Å². The standard InChI is InChI=1S/C32H47N5O3/c1-32(2,3)36-31(40)28-18-24-13-7-8-14-25(24)21-37(28)22-29(38)27(17-23-11-5-4-6-12-23)35-30(39)20-33-19-26-15-9-10-16-34-26/h4-6,9-12,15-16,24-25,27-29,33,38H,7-8,13-14,17-22H2,1-3H3,(H,35,39)(H,36,40). The smallest absolute Gasteiger partial charge is 0.237 e. The van der Waals surface area contributed by atoms with Crippen LogP contribution in [0.5, 0.6) is 0 Å². The Bertz CT molecular complexity index is 1070. The minimum atomic E-state index is -0.829. The highest BCUT2D eigenvalue weighted by Crippen LogP contribution is 2.39. The van der Waals surface area contributed by atoms with E-state index in [1.165, 1.54) is 25.7 Å².